The fourth-order valence-electron chi connectivity index (χ4n) is 7.37. The van der Waals surface area contributed by atoms with E-state index in [4.69, 9.17) is 18.9 Å². The van der Waals surface area contributed by atoms with E-state index in [1.165, 1.54) is 44.5 Å². The van der Waals surface area contributed by atoms with E-state index in [1.54, 1.807) is 0 Å². The predicted molar refractivity (Wildman–Crippen MR) is 243 cm³/mol. The zero-order chi connectivity index (χ0) is 42.8. The first-order chi connectivity index (χ1) is 26.9. The average Bonchev–Trinajstić information content (AvgIpc) is 3.11. The van der Waals surface area contributed by atoms with Crippen LogP contribution in [0.3, 0.4) is 0 Å². The minimum absolute atomic E-state index is 0.0804. The third-order valence-corrected chi connectivity index (χ3v) is 10.8. The van der Waals surface area contributed by atoms with Gasteiger partial charge in [0.2, 0.25) is 0 Å². The van der Waals surface area contributed by atoms with Gasteiger partial charge in [-0.2, -0.15) is 0 Å². The van der Waals surface area contributed by atoms with Crippen LogP contribution in [-0.4, -0.2) is 0 Å². The highest BCUT2D eigenvalue weighted by Crippen LogP contribution is 2.38. The number of hydrogen-bond acceptors (Lipinski definition) is 4. The average molecular weight is 783 g/mol. The van der Waals surface area contributed by atoms with E-state index in [0.29, 0.717) is 26.4 Å². The summed E-state index contributed by atoms with van der Waals surface area (Å²) in [4.78, 5) is 0. The molecule has 0 atom stereocenters. The molecule has 0 heterocycles. The van der Waals surface area contributed by atoms with Crippen LogP contribution in [0.15, 0.2) is 84.9 Å². The van der Waals surface area contributed by atoms with Crippen molar-refractivity contribution in [3.8, 4) is 23.0 Å². The summed E-state index contributed by atoms with van der Waals surface area (Å²) in [6.45, 7) is 36.9. The molecular weight excluding hydrogens is 713 g/mol. The fourth-order valence-corrected chi connectivity index (χ4v) is 7.37. The van der Waals surface area contributed by atoms with E-state index in [-0.39, 0.29) is 21.7 Å². The molecule has 0 spiro atoms. The minimum Gasteiger partial charge on any atom is -0.489 e. The van der Waals surface area contributed by atoms with Crippen molar-refractivity contribution in [3.05, 3.63) is 152 Å². The standard InChI is InChI=1S/C54H70O4/c1-35-17-21-47(43(25-35)51(5,6)7)55-31-39-29-41(33-57-49-23-19-37(3)27-45(49)53(11,12)13)42(34-58-50-24-20-38(4)28-46(50)54(14,15)16)30-40(39)32-56-48-22-18-36(2)26-44(48)52(8,9)10/h17-30H,31-34H2,1-16H3. The lowest BCUT2D eigenvalue weighted by molar-refractivity contribution is 0.268. The second-order valence-corrected chi connectivity index (χ2v) is 20.5. The molecule has 0 saturated heterocycles. The van der Waals surface area contributed by atoms with Crippen molar-refractivity contribution in [2.24, 2.45) is 0 Å². The summed E-state index contributed by atoms with van der Waals surface area (Å²) in [6, 6.07) is 30.5. The fraction of sp³-hybridized carbons (Fsp3) is 0.444. The summed E-state index contributed by atoms with van der Waals surface area (Å²) < 4.78 is 27.2. The van der Waals surface area contributed by atoms with Crippen LogP contribution < -0.4 is 18.9 Å². The molecule has 0 unspecified atom stereocenters. The third-order valence-electron chi connectivity index (χ3n) is 10.8. The Morgan fingerprint density at radius 1 is 0.293 bits per heavy atom. The first-order valence-electron chi connectivity index (χ1n) is 21.0. The van der Waals surface area contributed by atoms with Crippen LogP contribution in [0.4, 0.5) is 0 Å². The lowest BCUT2D eigenvalue weighted by Gasteiger charge is -2.26. The van der Waals surface area contributed by atoms with Gasteiger partial charge in [-0.25, -0.2) is 0 Å². The van der Waals surface area contributed by atoms with Gasteiger partial charge in [0.15, 0.2) is 0 Å². The molecule has 5 aromatic carbocycles. The van der Waals surface area contributed by atoms with Crippen LogP contribution in [-0.2, 0) is 48.1 Å². The van der Waals surface area contributed by atoms with Crippen molar-refractivity contribution in [3.63, 3.8) is 0 Å². The van der Waals surface area contributed by atoms with Crippen LogP contribution in [0, 0.1) is 27.7 Å². The maximum atomic E-state index is 6.79. The Balaban J connectivity index is 1.63. The molecule has 5 rings (SSSR count). The molecule has 0 N–H and O–H groups in total. The SMILES string of the molecule is Cc1ccc(OCc2cc(COc3ccc(C)cc3C(C)(C)C)c(COc3ccc(C)cc3C(C)(C)C)cc2COc2ccc(C)cc2C(C)(C)C)c(C(C)(C)C)c1. The largest absolute Gasteiger partial charge is 0.489 e. The lowest BCUT2D eigenvalue weighted by Crippen LogP contribution is -2.17. The number of rotatable bonds is 12. The Labute approximate surface area is 351 Å². The van der Waals surface area contributed by atoms with Gasteiger partial charge in [0.1, 0.15) is 49.4 Å². The molecule has 0 aromatic heterocycles. The van der Waals surface area contributed by atoms with E-state index in [0.717, 1.165) is 45.3 Å². The maximum Gasteiger partial charge on any atom is 0.123 e. The highest BCUT2D eigenvalue weighted by molar-refractivity contribution is 5.47. The van der Waals surface area contributed by atoms with Gasteiger partial charge in [-0.3, -0.25) is 0 Å². The molecule has 0 radical (unpaired) electrons. The summed E-state index contributed by atoms with van der Waals surface area (Å²) in [7, 11) is 0. The molecule has 0 aliphatic rings. The van der Waals surface area contributed by atoms with Gasteiger partial charge in [-0.15, -0.1) is 0 Å². The summed E-state index contributed by atoms with van der Waals surface area (Å²) in [6.07, 6.45) is 0. The first kappa shape index (κ1) is 44.4. The quantitative estimate of drug-likeness (QED) is 0.126. The van der Waals surface area contributed by atoms with Gasteiger partial charge in [0.05, 0.1) is 0 Å². The highest BCUT2D eigenvalue weighted by Gasteiger charge is 2.25. The van der Waals surface area contributed by atoms with E-state index >= 15 is 0 Å². The summed E-state index contributed by atoms with van der Waals surface area (Å²) in [5, 5.41) is 0. The van der Waals surface area contributed by atoms with E-state index < -0.39 is 0 Å². The van der Waals surface area contributed by atoms with Crippen molar-refractivity contribution in [2.75, 3.05) is 0 Å². The molecule has 0 aliphatic carbocycles. The topological polar surface area (TPSA) is 36.9 Å². The Morgan fingerprint density at radius 3 is 0.655 bits per heavy atom. The van der Waals surface area contributed by atoms with Crippen molar-refractivity contribution in [2.45, 2.75) is 159 Å². The van der Waals surface area contributed by atoms with Gasteiger partial charge < -0.3 is 18.9 Å². The molecule has 0 aliphatic heterocycles. The summed E-state index contributed by atoms with van der Waals surface area (Å²) in [5.74, 6) is 3.58. The molecule has 0 saturated carbocycles. The Bertz CT molecular complexity index is 1900. The molecule has 4 nitrogen and oxygen atoms in total. The molecule has 0 bridgehead atoms. The van der Waals surface area contributed by atoms with Gasteiger partial charge in [-0.1, -0.05) is 154 Å². The van der Waals surface area contributed by atoms with Gasteiger partial charge in [0.25, 0.3) is 0 Å². The molecule has 4 heteroatoms. The predicted octanol–water partition coefficient (Wildman–Crippen LogP) is 14.4. The van der Waals surface area contributed by atoms with E-state index in [9.17, 15) is 0 Å². The Hall–Kier alpha value is -4.70. The molecule has 310 valence electrons. The van der Waals surface area contributed by atoms with Gasteiger partial charge in [0, 0.05) is 0 Å². The Morgan fingerprint density at radius 2 is 0.483 bits per heavy atom. The second kappa shape index (κ2) is 17.3. The van der Waals surface area contributed by atoms with Crippen molar-refractivity contribution < 1.29 is 18.9 Å². The Kier molecular flexibility index (Phi) is 13.2. The molecule has 0 amide bonds. The monoisotopic (exact) mass is 783 g/mol. The van der Waals surface area contributed by atoms with Gasteiger partial charge >= 0.3 is 0 Å². The highest BCUT2D eigenvalue weighted by atomic mass is 16.5. The third kappa shape index (κ3) is 11.3. The maximum absolute atomic E-state index is 6.79. The van der Waals surface area contributed by atoms with Crippen molar-refractivity contribution in [1.82, 2.24) is 0 Å². The zero-order valence-electron chi connectivity index (χ0n) is 38.5. The zero-order valence-corrected chi connectivity index (χ0v) is 38.5. The molecule has 58 heavy (non-hydrogen) atoms. The smallest absolute Gasteiger partial charge is 0.123 e. The molecule has 0 fully saturated rings. The van der Waals surface area contributed by atoms with Crippen LogP contribution in [0.2, 0.25) is 0 Å². The minimum atomic E-state index is -0.0804. The number of benzene rings is 5. The summed E-state index contributed by atoms with van der Waals surface area (Å²) in [5.41, 5.74) is 13.5. The molecular formula is C54H70O4. The second-order valence-electron chi connectivity index (χ2n) is 20.5. The number of hydrogen-bond donors (Lipinski definition) is 0. The van der Waals surface area contributed by atoms with E-state index in [2.05, 4.69) is 196 Å². The van der Waals surface area contributed by atoms with Crippen molar-refractivity contribution in [1.29, 1.82) is 0 Å². The lowest BCUT2D eigenvalue weighted by atomic mass is 9.85. The number of aryl methyl sites for hydroxylation is 4. The molecule has 5 aromatic rings. The van der Waals surface area contributed by atoms with Crippen molar-refractivity contribution >= 4 is 0 Å². The van der Waals surface area contributed by atoms with Crippen LogP contribution in [0.5, 0.6) is 23.0 Å². The van der Waals surface area contributed by atoms with Gasteiger partial charge in [-0.05, 0) is 130 Å². The number of ether oxygens (including phenoxy) is 4. The van der Waals surface area contributed by atoms with Crippen LogP contribution >= 0.6 is 0 Å². The first-order valence-corrected chi connectivity index (χ1v) is 21.0. The van der Waals surface area contributed by atoms with Crippen LogP contribution in [0.25, 0.3) is 0 Å². The van der Waals surface area contributed by atoms with E-state index in [1.807, 2.05) is 0 Å². The summed E-state index contributed by atoms with van der Waals surface area (Å²) >= 11 is 0. The normalized spacial score (nSPS) is 12.4. The van der Waals surface area contributed by atoms with Crippen LogP contribution in [0.1, 0.15) is 150 Å².